The fourth-order valence-corrected chi connectivity index (χ4v) is 2.23. The van der Waals surface area contributed by atoms with E-state index < -0.39 is 5.97 Å². The molecular formula is C16H19NO2. The van der Waals surface area contributed by atoms with Gasteiger partial charge in [0.05, 0.1) is 5.56 Å². The number of aromatic carboxylic acids is 1. The van der Waals surface area contributed by atoms with E-state index in [9.17, 15) is 4.79 Å². The second-order valence-electron chi connectivity index (χ2n) is 5.32. The monoisotopic (exact) mass is 257 g/mol. The third-order valence-electron chi connectivity index (χ3n) is 3.15. The summed E-state index contributed by atoms with van der Waals surface area (Å²) in [6, 6.07) is 9.97. The number of aromatic nitrogens is 1. The number of hydrogen-bond acceptors (Lipinski definition) is 1. The van der Waals surface area contributed by atoms with Crippen LogP contribution in [-0.4, -0.2) is 16.1 Å². The highest BCUT2D eigenvalue weighted by molar-refractivity contribution is 5.90. The highest BCUT2D eigenvalue weighted by Crippen LogP contribution is 2.22. The van der Waals surface area contributed by atoms with Gasteiger partial charge in [0.2, 0.25) is 0 Å². The molecule has 0 saturated carbocycles. The lowest BCUT2D eigenvalue weighted by Crippen LogP contribution is -1.95. The van der Waals surface area contributed by atoms with Gasteiger partial charge in [-0.15, -0.1) is 0 Å². The van der Waals surface area contributed by atoms with Crippen molar-refractivity contribution in [2.24, 2.45) is 5.92 Å². The van der Waals surface area contributed by atoms with Gasteiger partial charge >= 0.3 is 5.97 Å². The summed E-state index contributed by atoms with van der Waals surface area (Å²) in [7, 11) is 0. The van der Waals surface area contributed by atoms with Gasteiger partial charge in [0, 0.05) is 11.4 Å². The van der Waals surface area contributed by atoms with E-state index in [1.54, 1.807) is 13.0 Å². The molecule has 2 aromatic rings. The molecule has 0 fully saturated rings. The molecular weight excluding hydrogens is 238 g/mol. The minimum atomic E-state index is -0.892. The van der Waals surface area contributed by atoms with Crippen molar-refractivity contribution in [3.05, 3.63) is 47.2 Å². The number of hydrogen-bond donors (Lipinski definition) is 2. The molecule has 0 atom stereocenters. The molecule has 0 aliphatic heterocycles. The summed E-state index contributed by atoms with van der Waals surface area (Å²) < 4.78 is 0. The summed E-state index contributed by atoms with van der Waals surface area (Å²) in [5.41, 5.74) is 4.20. The Labute approximate surface area is 113 Å². The standard InChI is InChI=1S/C16H19NO2/c1-10(2)8-12-4-6-13(7-5-12)15-9-14(16(18)19)11(3)17-15/h4-7,9-10,17H,8H2,1-3H3,(H,18,19). The van der Waals surface area contributed by atoms with Crippen LogP contribution in [0.4, 0.5) is 0 Å². The van der Waals surface area contributed by atoms with Gasteiger partial charge in [0.1, 0.15) is 0 Å². The van der Waals surface area contributed by atoms with Gasteiger partial charge in [0.25, 0.3) is 0 Å². The molecule has 1 aromatic carbocycles. The first-order valence-electron chi connectivity index (χ1n) is 6.49. The van der Waals surface area contributed by atoms with Crippen molar-refractivity contribution >= 4 is 5.97 Å². The Hall–Kier alpha value is -2.03. The maximum atomic E-state index is 11.0. The van der Waals surface area contributed by atoms with E-state index >= 15 is 0 Å². The summed E-state index contributed by atoms with van der Waals surface area (Å²) in [4.78, 5) is 14.1. The van der Waals surface area contributed by atoms with E-state index in [-0.39, 0.29) is 0 Å². The van der Waals surface area contributed by atoms with Crippen LogP contribution in [0, 0.1) is 12.8 Å². The summed E-state index contributed by atoms with van der Waals surface area (Å²) in [6.45, 7) is 6.17. The summed E-state index contributed by atoms with van der Waals surface area (Å²) in [5.74, 6) is -0.256. The molecule has 19 heavy (non-hydrogen) atoms. The van der Waals surface area contributed by atoms with Gasteiger partial charge in [-0.1, -0.05) is 38.1 Å². The van der Waals surface area contributed by atoms with Gasteiger partial charge in [-0.2, -0.15) is 0 Å². The molecule has 0 radical (unpaired) electrons. The van der Waals surface area contributed by atoms with Crippen LogP contribution >= 0.6 is 0 Å². The van der Waals surface area contributed by atoms with Gasteiger partial charge in [-0.3, -0.25) is 0 Å². The maximum absolute atomic E-state index is 11.0. The number of aryl methyl sites for hydroxylation is 1. The molecule has 0 unspecified atom stereocenters. The quantitative estimate of drug-likeness (QED) is 0.873. The van der Waals surface area contributed by atoms with Crippen LogP contribution < -0.4 is 0 Å². The SMILES string of the molecule is Cc1[nH]c(-c2ccc(CC(C)C)cc2)cc1C(=O)O. The van der Waals surface area contributed by atoms with Crippen molar-refractivity contribution in [2.75, 3.05) is 0 Å². The Morgan fingerprint density at radius 1 is 1.26 bits per heavy atom. The molecule has 100 valence electrons. The topological polar surface area (TPSA) is 53.1 Å². The maximum Gasteiger partial charge on any atom is 0.337 e. The minimum absolute atomic E-state index is 0.334. The van der Waals surface area contributed by atoms with Crippen LogP contribution in [0.2, 0.25) is 0 Å². The molecule has 2 N–H and O–H groups in total. The number of H-pyrrole nitrogens is 1. The third kappa shape index (κ3) is 3.05. The Balaban J connectivity index is 2.27. The summed E-state index contributed by atoms with van der Waals surface area (Å²) in [5, 5.41) is 9.05. The van der Waals surface area contributed by atoms with Crippen molar-refractivity contribution in [3.63, 3.8) is 0 Å². The predicted molar refractivity (Wildman–Crippen MR) is 76.5 cm³/mol. The lowest BCUT2D eigenvalue weighted by Gasteiger charge is -2.05. The van der Waals surface area contributed by atoms with E-state index in [0.29, 0.717) is 17.2 Å². The van der Waals surface area contributed by atoms with E-state index in [4.69, 9.17) is 5.11 Å². The molecule has 0 bridgehead atoms. The Kier molecular flexibility index (Phi) is 3.74. The third-order valence-corrected chi connectivity index (χ3v) is 3.15. The predicted octanol–water partition coefficient (Wildman–Crippen LogP) is 3.89. The minimum Gasteiger partial charge on any atom is -0.478 e. The molecule has 0 amide bonds. The second kappa shape index (κ2) is 5.31. The molecule has 2 rings (SSSR count). The number of rotatable bonds is 4. The van der Waals surface area contributed by atoms with Crippen LogP contribution in [0.5, 0.6) is 0 Å². The van der Waals surface area contributed by atoms with Crippen molar-refractivity contribution < 1.29 is 9.90 Å². The van der Waals surface area contributed by atoms with Crippen LogP contribution in [-0.2, 0) is 6.42 Å². The van der Waals surface area contributed by atoms with Crippen molar-refractivity contribution in [1.29, 1.82) is 0 Å². The lowest BCUT2D eigenvalue weighted by atomic mass is 10.0. The number of aromatic amines is 1. The van der Waals surface area contributed by atoms with Crippen molar-refractivity contribution in [3.8, 4) is 11.3 Å². The van der Waals surface area contributed by atoms with Gasteiger partial charge < -0.3 is 10.1 Å². The van der Waals surface area contributed by atoms with Crippen LogP contribution in [0.25, 0.3) is 11.3 Å². The molecule has 0 aliphatic carbocycles. The first-order valence-corrected chi connectivity index (χ1v) is 6.49. The molecule has 1 aromatic heterocycles. The van der Waals surface area contributed by atoms with E-state index in [1.165, 1.54) is 5.56 Å². The number of benzene rings is 1. The molecule has 0 aliphatic rings. The smallest absolute Gasteiger partial charge is 0.337 e. The first kappa shape index (κ1) is 13.4. The normalized spacial score (nSPS) is 10.9. The van der Waals surface area contributed by atoms with Crippen molar-refractivity contribution in [1.82, 2.24) is 4.98 Å². The molecule has 3 nitrogen and oxygen atoms in total. The van der Waals surface area contributed by atoms with Crippen LogP contribution in [0.1, 0.15) is 35.5 Å². The molecule has 0 spiro atoms. The van der Waals surface area contributed by atoms with E-state index in [0.717, 1.165) is 17.7 Å². The van der Waals surface area contributed by atoms with E-state index in [2.05, 4.69) is 31.0 Å². The average molecular weight is 257 g/mol. The Morgan fingerprint density at radius 2 is 1.89 bits per heavy atom. The highest BCUT2D eigenvalue weighted by Gasteiger charge is 2.12. The fourth-order valence-electron chi connectivity index (χ4n) is 2.23. The number of nitrogens with one attached hydrogen (secondary N) is 1. The highest BCUT2D eigenvalue weighted by atomic mass is 16.4. The molecule has 1 heterocycles. The summed E-state index contributed by atoms with van der Waals surface area (Å²) in [6.07, 6.45) is 1.06. The average Bonchev–Trinajstić information content (AvgIpc) is 2.71. The molecule has 3 heteroatoms. The number of carboxylic acid groups (broad SMARTS) is 1. The van der Waals surface area contributed by atoms with Crippen LogP contribution in [0.15, 0.2) is 30.3 Å². The lowest BCUT2D eigenvalue weighted by molar-refractivity contribution is 0.0696. The zero-order valence-corrected chi connectivity index (χ0v) is 11.5. The first-order chi connectivity index (χ1) is 8.97. The second-order valence-corrected chi connectivity index (χ2v) is 5.32. The molecule has 0 saturated heterocycles. The number of carbonyl (C=O) groups is 1. The largest absolute Gasteiger partial charge is 0.478 e. The van der Waals surface area contributed by atoms with Crippen LogP contribution in [0.3, 0.4) is 0 Å². The van der Waals surface area contributed by atoms with Gasteiger partial charge in [-0.05, 0) is 36.5 Å². The zero-order chi connectivity index (χ0) is 14.0. The van der Waals surface area contributed by atoms with Gasteiger partial charge in [-0.25, -0.2) is 4.79 Å². The van der Waals surface area contributed by atoms with E-state index in [1.807, 2.05) is 12.1 Å². The Morgan fingerprint density at radius 3 is 2.37 bits per heavy atom. The van der Waals surface area contributed by atoms with Crippen molar-refractivity contribution in [2.45, 2.75) is 27.2 Å². The fraction of sp³-hybridized carbons (Fsp3) is 0.312. The zero-order valence-electron chi connectivity index (χ0n) is 11.5. The van der Waals surface area contributed by atoms with Gasteiger partial charge in [0.15, 0.2) is 0 Å². The Bertz CT molecular complexity index is 579. The number of carboxylic acids is 1. The summed E-state index contributed by atoms with van der Waals surface area (Å²) >= 11 is 0.